The zero-order chi connectivity index (χ0) is 19.7. The summed E-state index contributed by atoms with van der Waals surface area (Å²) in [5, 5.41) is 4.59. The van der Waals surface area contributed by atoms with Crippen LogP contribution in [0.25, 0.3) is 21.8 Å². The van der Waals surface area contributed by atoms with E-state index in [1.165, 1.54) is 0 Å². The molecule has 142 valence electrons. The van der Waals surface area contributed by atoms with Crippen LogP contribution in [0.1, 0.15) is 19.5 Å². The summed E-state index contributed by atoms with van der Waals surface area (Å²) in [7, 11) is 0. The lowest BCUT2D eigenvalue weighted by Crippen LogP contribution is -2.21. The van der Waals surface area contributed by atoms with Crippen molar-refractivity contribution in [3.63, 3.8) is 0 Å². The first kappa shape index (κ1) is 17.9. The number of aromatic amines is 1. The Morgan fingerprint density at radius 3 is 2.57 bits per heavy atom. The Hall–Kier alpha value is -3.48. The third kappa shape index (κ3) is 3.26. The number of hydrogen-bond acceptors (Lipinski definition) is 6. The van der Waals surface area contributed by atoms with Crippen LogP contribution in [0.5, 0.6) is 0 Å². The molecule has 28 heavy (non-hydrogen) atoms. The van der Waals surface area contributed by atoms with Crippen LogP contribution >= 0.6 is 0 Å². The largest absolute Gasteiger partial charge is 0.372 e. The van der Waals surface area contributed by atoms with E-state index in [0.29, 0.717) is 22.8 Å². The van der Waals surface area contributed by atoms with Gasteiger partial charge in [-0.3, -0.25) is 10.1 Å². The molecule has 0 saturated carbocycles. The Balaban J connectivity index is 1.72. The number of fused-ring (bicyclic) bond motifs is 2. The van der Waals surface area contributed by atoms with Gasteiger partial charge in [-0.2, -0.15) is 4.98 Å². The van der Waals surface area contributed by atoms with Gasteiger partial charge in [0, 0.05) is 24.2 Å². The Morgan fingerprint density at radius 2 is 1.79 bits per heavy atom. The van der Waals surface area contributed by atoms with Gasteiger partial charge in [-0.25, -0.2) is 9.97 Å². The Labute approximate surface area is 162 Å². The number of aryl methyl sites for hydroxylation is 1. The van der Waals surface area contributed by atoms with Crippen LogP contribution in [-0.4, -0.2) is 33.0 Å². The minimum absolute atomic E-state index is 0.293. The standard InChI is InChI=1S/C21H22N6O/c1-4-27(5-2)14-10-11-18-16(12-14)13(3)22-20(24-18)26-21-23-17-9-7-6-8-15(17)19(28)25-21/h6-12H,4-5H2,1-3H3,(H2,22,23,24,25,26,28). The van der Waals surface area contributed by atoms with Gasteiger partial charge in [0.25, 0.3) is 5.56 Å². The van der Waals surface area contributed by atoms with Crippen molar-refractivity contribution in [3.05, 3.63) is 58.5 Å². The molecule has 0 aliphatic rings. The van der Waals surface area contributed by atoms with Crippen molar-refractivity contribution in [1.82, 2.24) is 19.9 Å². The first-order chi connectivity index (χ1) is 13.6. The second kappa shape index (κ2) is 7.26. The summed E-state index contributed by atoms with van der Waals surface area (Å²) in [5.41, 5.74) is 3.29. The maximum Gasteiger partial charge on any atom is 0.282 e. The van der Waals surface area contributed by atoms with Crippen molar-refractivity contribution < 1.29 is 0 Å². The highest BCUT2D eigenvalue weighted by Crippen LogP contribution is 2.24. The molecule has 0 amide bonds. The highest BCUT2D eigenvalue weighted by Gasteiger charge is 2.10. The van der Waals surface area contributed by atoms with Crippen molar-refractivity contribution in [2.75, 3.05) is 23.3 Å². The number of benzene rings is 2. The number of H-pyrrole nitrogens is 1. The van der Waals surface area contributed by atoms with Gasteiger partial charge in [0.2, 0.25) is 11.9 Å². The second-order valence-electron chi connectivity index (χ2n) is 6.57. The third-order valence-corrected chi connectivity index (χ3v) is 4.85. The molecular weight excluding hydrogens is 352 g/mol. The van der Waals surface area contributed by atoms with E-state index in [-0.39, 0.29) is 5.56 Å². The fraction of sp³-hybridized carbons (Fsp3) is 0.238. The summed E-state index contributed by atoms with van der Waals surface area (Å²) in [4.78, 5) is 30.8. The van der Waals surface area contributed by atoms with Crippen molar-refractivity contribution in [1.29, 1.82) is 0 Å². The van der Waals surface area contributed by atoms with Gasteiger partial charge in [0.15, 0.2) is 0 Å². The topological polar surface area (TPSA) is 86.8 Å². The SMILES string of the molecule is CCN(CC)c1ccc2nc(Nc3nc(=O)c4ccccc4[nH]3)nc(C)c2c1. The van der Waals surface area contributed by atoms with Gasteiger partial charge in [-0.1, -0.05) is 12.1 Å². The van der Waals surface area contributed by atoms with Crippen LogP contribution in [0.4, 0.5) is 17.6 Å². The molecular formula is C21H22N6O. The van der Waals surface area contributed by atoms with E-state index < -0.39 is 0 Å². The number of rotatable bonds is 5. The summed E-state index contributed by atoms with van der Waals surface area (Å²) < 4.78 is 0. The molecule has 4 aromatic rings. The van der Waals surface area contributed by atoms with Crippen molar-refractivity contribution in [3.8, 4) is 0 Å². The number of nitrogens with one attached hydrogen (secondary N) is 2. The van der Waals surface area contributed by atoms with Gasteiger partial charge >= 0.3 is 0 Å². The predicted octanol–water partition coefficient (Wildman–Crippen LogP) is 3.76. The molecule has 0 saturated heterocycles. The molecule has 4 rings (SSSR count). The number of aromatic nitrogens is 4. The van der Waals surface area contributed by atoms with E-state index in [0.717, 1.165) is 35.4 Å². The van der Waals surface area contributed by atoms with Crippen molar-refractivity contribution >= 4 is 39.4 Å². The van der Waals surface area contributed by atoms with Gasteiger partial charge in [-0.05, 0) is 51.1 Å². The number of para-hydroxylation sites is 1. The van der Waals surface area contributed by atoms with Crippen LogP contribution in [0, 0.1) is 6.92 Å². The van der Waals surface area contributed by atoms with Gasteiger partial charge in [0.1, 0.15) is 0 Å². The molecule has 7 nitrogen and oxygen atoms in total. The molecule has 0 fully saturated rings. The first-order valence-electron chi connectivity index (χ1n) is 9.38. The molecule has 2 aromatic carbocycles. The molecule has 0 aliphatic heterocycles. The molecule has 0 spiro atoms. The summed E-state index contributed by atoms with van der Waals surface area (Å²) >= 11 is 0. The molecule has 2 aromatic heterocycles. The minimum atomic E-state index is -0.293. The van der Waals surface area contributed by atoms with E-state index >= 15 is 0 Å². The molecule has 2 N–H and O–H groups in total. The van der Waals surface area contributed by atoms with E-state index in [4.69, 9.17) is 0 Å². The Bertz CT molecular complexity index is 1210. The average molecular weight is 374 g/mol. The molecule has 7 heteroatoms. The number of hydrogen-bond donors (Lipinski definition) is 2. The molecule has 0 radical (unpaired) electrons. The average Bonchev–Trinajstić information content (AvgIpc) is 2.69. The quantitative estimate of drug-likeness (QED) is 0.553. The molecule has 0 atom stereocenters. The van der Waals surface area contributed by atoms with Crippen LogP contribution < -0.4 is 15.8 Å². The lowest BCUT2D eigenvalue weighted by Gasteiger charge is -2.21. The fourth-order valence-electron chi connectivity index (χ4n) is 3.37. The van der Waals surface area contributed by atoms with Crippen LogP contribution in [-0.2, 0) is 0 Å². The molecule has 0 aliphatic carbocycles. The highest BCUT2D eigenvalue weighted by molar-refractivity contribution is 5.86. The number of anilines is 3. The van der Waals surface area contributed by atoms with E-state index in [9.17, 15) is 4.79 Å². The lowest BCUT2D eigenvalue weighted by molar-refractivity contribution is 0.867. The van der Waals surface area contributed by atoms with Crippen molar-refractivity contribution in [2.24, 2.45) is 0 Å². The van der Waals surface area contributed by atoms with E-state index in [2.05, 4.69) is 56.1 Å². The fourth-order valence-corrected chi connectivity index (χ4v) is 3.37. The molecule has 0 unspecified atom stereocenters. The predicted molar refractivity (Wildman–Crippen MR) is 113 cm³/mol. The third-order valence-electron chi connectivity index (χ3n) is 4.85. The van der Waals surface area contributed by atoms with Crippen LogP contribution in [0.15, 0.2) is 47.3 Å². The zero-order valence-corrected chi connectivity index (χ0v) is 16.2. The van der Waals surface area contributed by atoms with Crippen LogP contribution in [0.3, 0.4) is 0 Å². The summed E-state index contributed by atoms with van der Waals surface area (Å²) in [6, 6.07) is 13.5. The highest BCUT2D eigenvalue weighted by atomic mass is 16.1. The summed E-state index contributed by atoms with van der Waals surface area (Å²) in [5.74, 6) is 0.723. The van der Waals surface area contributed by atoms with Gasteiger partial charge < -0.3 is 9.88 Å². The zero-order valence-electron chi connectivity index (χ0n) is 16.2. The maximum atomic E-state index is 12.2. The van der Waals surface area contributed by atoms with E-state index in [1.54, 1.807) is 6.07 Å². The second-order valence-corrected chi connectivity index (χ2v) is 6.57. The first-order valence-corrected chi connectivity index (χ1v) is 9.38. The monoisotopic (exact) mass is 374 g/mol. The Kier molecular flexibility index (Phi) is 4.65. The Morgan fingerprint density at radius 1 is 1.00 bits per heavy atom. The number of nitrogens with zero attached hydrogens (tertiary/aromatic N) is 4. The normalized spacial score (nSPS) is 11.1. The summed E-state index contributed by atoms with van der Waals surface area (Å²) in [6.07, 6.45) is 0. The smallest absolute Gasteiger partial charge is 0.282 e. The summed E-state index contributed by atoms with van der Waals surface area (Å²) in [6.45, 7) is 8.13. The van der Waals surface area contributed by atoms with Crippen LogP contribution in [0.2, 0.25) is 0 Å². The van der Waals surface area contributed by atoms with Crippen molar-refractivity contribution in [2.45, 2.75) is 20.8 Å². The van der Waals surface area contributed by atoms with E-state index in [1.807, 2.05) is 31.2 Å². The van der Waals surface area contributed by atoms with Gasteiger partial charge in [0.05, 0.1) is 22.1 Å². The maximum absolute atomic E-state index is 12.2. The minimum Gasteiger partial charge on any atom is -0.372 e. The van der Waals surface area contributed by atoms with Gasteiger partial charge in [-0.15, -0.1) is 0 Å². The molecule has 2 heterocycles. The lowest BCUT2D eigenvalue weighted by atomic mass is 10.1. The molecule has 0 bridgehead atoms.